The lowest BCUT2D eigenvalue weighted by Gasteiger charge is -2.24. The average molecular weight is 647 g/mol. The lowest BCUT2D eigenvalue weighted by molar-refractivity contribution is -0.132. The Bertz CT molecular complexity index is 2070. The van der Waals surface area contributed by atoms with Crippen molar-refractivity contribution in [2.45, 2.75) is 52.9 Å². The van der Waals surface area contributed by atoms with E-state index in [2.05, 4.69) is 0 Å². The fraction of sp³-hybridized carbons (Fsp3) is 0.237. The second kappa shape index (κ2) is 12.2. The van der Waals surface area contributed by atoms with E-state index in [0.29, 0.717) is 47.4 Å². The standard InChI is InChI=1S/C38H34N2O6S/c1-5-44-30-19-25(11-14-29(30)45-20-24-9-7-6-8-10-24)34-32(35(41)26-12-13-28-27(18-26)17-23(4)46-28)36(42)37(43)40(34)38-39-33-22(3)15-21(2)16-31(33)47-38/h6-16,18-19,23,34,41H,5,17,20H2,1-4H3/b35-32-. The highest BCUT2D eigenvalue weighted by atomic mass is 32.1. The minimum absolute atomic E-state index is 0.0127. The molecule has 2 aliphatic rings. The fourth-order valence-electron chi connectivity index (χ4n) is 6.35. The number of fused-ring (bicyclic) bond motifs is 2. The summed E-state index contributed by atoms with van der Waals surface area (Å²) in [5.74, 6) is -0.0638. The molecule has 1 aromatic heterocycles. The first-order valence-corrected chi connectivity index (χ1v) is 16.5. The number of ether oxygens (including phenoxy) is 3. The van der Waals surface area contributed by atoms with Crippen molar-refractivity contribution in [2.75, 3.05) is 11.5 Å². The van der Waals surface area contributed by atoms with Gasteiger partial charge in [0.15, 0.2) is 16.6 Å². The van der Waals surface area contributed by atoms with Gasteiger partial charge in [0.2, 0.25) is 0 Å². The van der Waals surface area contributed by atoms with Crippen molar-refractivity contribution in [3.63, 3.8) is 0 Å². The molecule has 0 radical (unpaired) electrons. The normalized spacial score (nSPS) is 18.4. The van der Waals surface area contributed by atoms with E-state index in [-0.39, 0.29) is 17.4 Å². The molecule has 5 aromatic rings. The summed E-state index contributed by atoms with van der Waals surface area (Å²) in [7, 11) is 0. The predicted octanol–water partition coefficient (Wildman–Crippen LogP) is 7.84. The zero-order chi connectivity index (χ0) is 32.8. The second-order valence-corrected chi connectivity index (χ2v) is 13.0. The Labute approximate surface area is 276 Å². The van der Waals surface area contributed by atoms with Crippen LogP contribution in [-0.4, -0.2) is 34.5 Å². The molecular weight excluding hydrogens is 612 g/mol. The van der Waals surface area contributed by atoms with E-state index in [4.69, 9.17) is 19.2 Å². The summed E-state index contributed by atoms with van der Waals surface area (Å²) in [4.78, 5) is 34.1. The molecule has 7 rings (SSSR count). The second-order valence-electron chi connectivity index (χ2n) is 12.0. The van der Waals surface area contributed by atoms with Gasteiger partial charge in [-0.2, -0.15) is 0 Å². The van der Waals surface area contributed by atoms with Crippen molar-refractivity contribution >= 4 is 44.1 Å². The van der Waals surface area contributed by atoms with Crippen LogP contribution in [0.3, 0.4) is 0 Å². The maximum absolute atomic E-state index is 14.0. The van der Waals surface area contributed by atoms with Crippen LogP contribution < -0.4 is 19.1 Å². The average Bonchev–Trinajstić information content (AvgIpc) is 3.73. The minimum atomic E-state index is -0.970. The highest BCUT2D eigenvalue weighted by Crippen LogP contribution is 2.46. The van der Waals surface area contributed by atoms with Gasteiger partial charge in [-0.1, -0.05) is 53.8 Å². The highest BCUT2D eigenvalue weighted by Gasteiger charge is 2.48. The van der Waals surface area contributed by atoms with E-state index in [1.165, 1.54) is 16.2 Å². The van der Waals surface area contributed by atoms with Gasteiger partial charge in [0.25, 0.3) is 5.78 Å². The Morgan fingerprint density at radius 2 is 1.81 bits per heavy atom. The Hall–Kier alpha value is -5.15. The molecule has 238 valence electrons. The number of nitrogens with zero attached hydrogens (tertiary/aromatic N) is 2. The van der Waals surface area contributed by atoms with E-state index in [1.807, 2.05) is 76.2 Å². The van der Waals surface area contributed by atoms with Crippen LogP contribution in [0, 0.1) is 13.8 Å². The number of aromatic nitrogens is 1. The monoisotopic (exact) mass is 646 g/mol. The van der Waals surface area contributed by atoms with Gasteiger partial charge < -0.3 is 19.3 Å². The van der Waals surface area contributed by atoms with Gasteiger partial charge in [-0.05, 0) is 91.9 Å². The number of Topliss-reactive ketones (excluding diaryl/α,β-unsaturated/α-hetero) is 1. The lowest BCUT2D eigenvalue weighted by atomic mass is 9.94. The molecule has 0 aliphatic carbocycles. The number of carbonyl (C=O) groups is 2. The molecule has 0 spiro atoms. The number of anilines is 1. The largest absolute Gasteiger partial charge is 0.507 e. The molecule has 1 fully saturated rings. The Balaban J connectivity index is 1.37. The summed E-state index contributed by atoms with van der Waals surface area (Å²) >= 11 is 1.34. The first kappa shape index (κ1) is 30.5. The number of rotatable bonds is 8. The molecular formula is C38H34N2O6S. The van der Waals surface area contributed by atoms with Crippen molar-refractivity contribution < 1.29 is 28.9 Å². The fourth-order valence-corrected chi connectivity index (χ4v) is 7.52. The van der Waals surface area contributed by atoms with Crippen molar-refractivity contribution in [3.05, 3.63) is 118 Å². The molecule has 0 bridgehead atoms. The molecule has 0 saturated carbocycles. The summed E-state index contributed by atoms with van der Waals surface area (Å²) in [6, 6.07) is 23.6. The number of benzene rings is 4. The van der Waals surface area contributed by atoms with Gasteiger partial charge in [-0.15, -0.1) is 0 Å². The van der Waals surface area contributed by atoms with E-state index in [0.717, 1.165) is 38.2 Å². The quantitative estimate of drug-likeness (QED) is 0.104. The Morgan fingerprint density at radius 3 is 2.60 bits per heavy atom. The van der Waals surface area contributed by atoms with Crippen LogP contribution in [0.15, 0.2) is 84.4 Å². The number of aliphatic hydroxyl groups is 1. The first-order valence-electron chi connectivity index (χ1n) is 15.6. The molecule has 47 heavy (non-hydrogen) atoms. The van der Waals surface area contributed by atoms with Gasteiger partial charge in [-0.25, -0.2) is 4.98 Å². The summed E-state index contributed by atoms with van der Waals surface area (Å²) < 4.78 is 18.9. The summed E-state index contributed by atoms with van der Waals surface area (Å²) in [5, 5.41) is 12.2. The maximum atomic E-state index is 14.0. The Morgan fingerprint density at radius 1 is 1.00 bits per heavy atom. The van der Waals surface area contributed by atoms with Crippen LogP contribution in [0.2, 0.25) is 0 Å². The van der Waals surface area contributed by atoms with E-state index in [9.17, 15) is 14.7 Å². The van der Waals surface area contributed by atoms with E-state index >= 15 is 0 Å². The van der Waals surface area contributed by atoms with Gasteiger partial charge in [0.1, 0.15) is 24.2 Å². The van der Waals surface area contributed by atoms with E-state index in [1.54, 1.807) is 30.3 Å². The molecule has 2 unspecified atom stereocenters. The smallest absolute Gasteiger partial charge is 0.301 e. The molecule has 1 N–H and O–H groups in total. The van der Waals surface area contributed by atoms with Crippen molar-refractivity contribution in [3.8, 4) is 17.2 Å². The summed E-state index contributed by atoms with van der Waals surface area (Å²) in [6.07, 6.45) is 0.694. The molecule has 4 aromatic carbocycles. The Kier molecular flexibility index (Phi) is 7.93. The molecule has 1 saturated heterocycles. The number of thiazole rings is 1. The van der Waals surface area contributed by atoms with Gasteiger partial charge >= 0.3 is 5.91 Å². The van der Waals surface area contributed by atoms with Crippen LogP contribution in [-0.2, 0) is 22.6 Å². The molecule has 2 atom stereocenters. The minimum Gasteiger partial charge on any atom is -0.507 e. The summed E-state index contributed by atoms with van der Waals surface area (Å²) in [5.41, 5.74) is 5.75. The number of carbonyl (C=O) groups excluding carboxylic acids is 2. The molecule has 8 nitrogen and oxygen atoms in total. The van der Waals surface area contributed by atoms with Crippen LogP contribution >= 0.6 is 11.3 Å². The first-order chi connectivity index (χ1) is 22.7. The molecule has 9 heteroatoms. The van der Waals surface area contributed by atoms with Crippen molar-refractivity contribution in [1.82, 2.24) is 4.98 Å². The lowest BCUT2D eigenvalue weighted by Crippen LogP contribution is -2.29. The zero-order valence-corrected chi connectivity index (χ0v) is 27.4. The SMILES string of the molecule is CCOc1cc(C2/C(=C(/O)c3ccc4c(c3)CC(C)O4)C(=O)C(=O)N2c2nc3c(C)cc(C)cc3s2)ccc1OCc1ccccc1. The van der Waals surface area contributed by atoms with Crippen molar-refractivity contribution in [2.24, 2.45) is 0 Å². The van der Waals surface area contributed by atoms with Gasteiger partial charge in [0.05, 0.1) is 28.4 Å². The van der Waals surface area contributed by atoms with Gasteiger partial charge in [-0.3, -0.25) is 14.5 Å². The molecule has 1 amide bonds. The third kappa shape index (κ3) is 5.61. The van der Waals surface area contributed by atoms with Gasteiger partial charge in [0, 0.05) is 12.0 Å². The predicted molar refractivity (Wildman–Crippen MR) is 182 cm³/mol. The number of aliphatic hydroxyl groups excluding tert-OH is 1. The number of hydrogen-bond acceptors (Lipinski definition) is 8. The van der Waals surface area contributed by atoms with E-state index < -0.39 is 17.7 Å². The topological polar surface area (TPSA) is 98.2 Å². The van der Waals surface area contributed by atoms with Crippen LogP contribution in [0.25, 0.3) is 16.0 Å². The third-order valence-corrected chi connectivity index (χ3v) is 9.46. The highest BCUT2D eigenvalue weighted by molar-refractivity contribution is 7.22. The molecule has 2 aliphatic heterocycles. The third-order valence-electron chi connectivity index (χ3n) is 8.46. The number of ketones is 1. The van der Waals surface area contributed by atoms with Crippen LogP contribution in [0.1, 0.15) is 53.3 Å². The summed E-state index contributed by atoms with van der Waals surface area (Å²) in [6.45, 7) is 8.56. The van der Waals surface area contributed by atoms with Crippen LogP contribution in [0.5, 0.6) is 17.2 Å². The number of aryl methyl sites for hydroxylation is 2. The number of hydrogen-bond donors (Lipinski definition) is 1. The zero-order valence-electron chi connectivity index (χ0n) is 26.6. The van der Waals surface area contributed by atoms with Crippen LogP contribution in [0.4, 0.5) is 5.13 Å². The van der Waals surface area contributed by atoms with Crippen molar-refractivity contribution in [1.29, 1.82) is 0 Å². The molecule has 3 heterocycles. The number of amides is 1. The maximum Gasteiger partial charge on any atom is 0.301 e.